The minimum absolute atomic E-state index is 0.0297. The molecule has 0 spiro atoms. The highest BCUT2D eigenvalue weighted by Gasteiger charge is 2.36. The van der Waals surface area contributed by atoms with Crippen molar-refractivity contribution in [2.75, 3.05) is 19.5 Å². The van der Waals surface area contributed by atoms with Crippen LogP contribution in [0, 0.1) is 0 Å². The van der Waals surface area contributed by atoms with Crippen LogP contribution in [0.3, 0.4) is 0 Å². The number of sulfone groups is 1. The van der Waals surface area contributed by atoms with Crippen LogP contribution in [0.4, 0.5) is 0 Å². The molecule has 0 amide bonds. The Hall–Kier alpha value is -3.69. The van der Waals surface area contributed by atoms with E-state index in [2.05, 4.69) is 19.9 Å². The Balaban J connectivity index is 1.40. The van der Waals surface area contributed by atoms with Crippen molar-refractivity contribution >= 4 is 42.7 Å². The number of nitrogens with zero attached hydrogens (tertiary/aromatic N) is 3. The second-order valence-electron chi connectivity index (χ2n) is 8.83. The Morgan fingerprint density at radius 1 is 1.02 bits per heavy atom. The molecular formula is C27H26N4O7S3. The molecule has 2 unspecified atom stereocenters. The van der Waals surface area contributed by atoms with Crippen LogP contribution in [0.2, 0.25) is 0 Å². The van der Waals surface area contributed by atoms with Gasteiger partial charge in [-0.2, -0.15) is 0 Å². The summed E-state index contributed by atoms with van der Waals surface area (Å²) in [4.78, 5) is 4.63. The van der Waals surface area contributed by atoms with E-state index in [-0.39, 0.29) is 42.1 Å². The van der Waals surface area contributed by atoms with Crippen molar-refractivity contribution in [2.45, 2.75) is 18.2 Å². The predicted molar refractivity (Wildman–Crippen MR) is 156 cm³/mol. The van der Waals surface area contributed by atoms with Crippen LogP contribution in [0.15, 0.2) is 77.2 Å². The van der Waals surface area contributed by atoms with E-state index in [1.165, 1.54) is 11.3 Å². The van der Waals surface area contributed by atoms with E-state index in [4.69, 9.17) is 18.4 Å². The van der Waals surface area contributed by atoms with Gasteiger partial charge in [-0.25, -0.2) is 22.3 Å². The molecule has 214 valence electrons. The first kappa shape index (κ1) is 28.8. The van der Waals surface area contributed by atoms with E-state index in [1.807, 2.05) is 48.5 Å². The molecule has 11 nitrogen and oxygen atoms in total. The smallest absolute Gasteiger partial charge is 0.241 e. The lowest BCUT2D eigenvalue weighted by atomic mass is 10.1. The average Bonchev–Trinajstić information content (AvgIpc) is 3.61. The lowest BCUT2D eigenvalue weighted by Crippen LogP contribution is -2.20. The molecule has 0 saturated heterocycles. The van der Waals surface area contributed by atoms with Crippen molar-refractivity contribution in [3.8, 4) is 22.6 Å². The van der Waals surface area contributed by atoms with Crippen molar-refractivity contribution in [1.29, 1.82) is 0 Å². The summed E-state index contributed by atoms with van der Waals surface area (Å²) < 4.78 is 67.0. The average molecular weight is 615 g/mol. The van der Waals surface area contributed by atoms with E-state index < -0.39 is 26.4 Å². The Bertz CT molecular complexity index is 1740. The number of aromatic nitrogens is 3. The standard InChI is InChI=1S/C27H26N4O7S3/c1-36-20-9-11-21(12-10-20)37-14-5-15-41(34,35)25(26-31-30-24(38-26)17-28-40(32)33)27-29-22-13-8-19(16-23(22)39-27)18-6-3-2-4-7-18/h2-4,6-13,16,25,28H,5,14-15,17H2,1H3,(H,32,33). The van der Waals surface area contributed by atoms with Crippen LogP contribution in [0.1, 0.15) is 28.5 Å². The zero-order chi connectivity index (χ0) is 28.8. The first-order valence-electron chi connectivity index (χ1n) is 12.4. The van der Waals surface area contributed by atoms with Gasteiger partial charge < -0.3 is 13.9 Å². The van der Waals surface area contributed by atoms with Crippen LogP contribution < -0.4 is 14.2 Å². The minimum atomic E-state index is -3.90. The summed E-state index contributed by atoms with van der Waals surface area (Å²) in [6.07, 6.45) is 0.208. The van der Waals surface area contributed by atoms with E-state index in [1.54, 1.807) is 31.4 Å². The van der Waals surface area contributed by atoms with E-state index >= 15 is 0 Å². The highest BCUT2D eigenvalue weighted by Crippen LogP contribution is 2.37. The zero-order valence-corrected chi connectivity index (χ0v) is 24.2. The quantitative estimate of drug-likeness (QED) is 0.143. The maximum atomic E-state index is 13.7. The Morgan fingerprint density at radius 2 is 1.78 bits per heavy atom. The molecular weight excluding hydrogens is 589 g/mol. The molecule has 14 heteroatoms. The minimum Gasteiger partial charge on any atom is -0.497 e. The van der Waals surface area contributed by atoms with E-state index in [9.17, 15) is 12.6 Å². The van der Waals surface area contributed by atoms with Crippen molar-refractivity contribution in [3.05, 3.63) is 89.6 Å². The van der Waals surface area contributed by atoms with Gasteiger partial charge in [0.05, 0.1) is 36.2 Å². The number of methoxy groups -OCH3 is 1. The summed E-state index contributed by atoms with van der Waals surface area (Å²) in [6, 6.07) is 22.6. The van der Waals surface area contributed by atoms with Gasteiger partial charge in [-0.3, -0.25) is 4.55 Å². The number of hydrogen-bond donors (Lipinski definition) is 2. The third kappa shape index (κ3) is 7.15. The normalized spacial score (nSPS) is 13.2. The molecule has 0 bridgehead atoms. The maximum Gasteiger partial charge on any atom is 0.241 e. The van der Waals surface area contributed by atoms with Crippen LogP contribution in [0.5, 0.6) is 11.5 Å². The van der Waals surface area contributed by atoms with Crippen molar-refractivity contribution in [3.63, 3.8) is 0 Å². The summed E-state index contributed by atoms with van der Waals surface area (Å²) in [5.74, 6) is 0.862. The molecule has 0 aliphatic carbocycles. The summed E-state index contributed by atoms with van der Waals surface area (Å²) >= 11 is -1.06. The summed E-state index contributed by atoms with van der Waals surface area (Å²) in [7, 11) is -2.33. The van der Waals surface area contributed by atoms with Gasteiger partial charge in [0, 0.05) is 0 Å². The summed E-state index contributed by atoms with van der Waals surface area (Å²) in [6.45, 7) is -0.0429. The van der Waals surface area contributed by atoms with Crippen LogP contribution in [-0.4, -0.2) is 51.8 Å². The molecule has 0 aliphatic rings. The topological polar surface area (TPSA) is 154 Å². The van der Waals surface area contributed by atoms with Crippen LogP contribution >= 0.6 is 11.3 Å². The number of fused-ring (bicyclic) bond motifs is 1. The molecule has 5 aromatic rings. The molecule has 0 saturated carbocycles. The SMILES string of the molecule is COc1ccc(OCCCS(=O)(=O)C(c2nnc(CNS(=O)O)o2)c2nc3ccc(-c4ccccc4)cc3s2)cc1. The molecule has 2 atom stereocenters. The Kier molecular flexibility index (Phi) is 9.05. The lowest BCUT2D eigenvalue weighted by molar-refractivity contribution is 0.316. The van der Waals surface area contributed by atoms with Crippen LogP contribution in [0.25, 0.3) is 21.3 Å². The summed E-state index contributed by atoms with van der Waals surface area (Å²) in [5.41, 5.74) is 2.65. The third-order valence-electron chi connectivity index (χ3n) is 6.05. The maximum absolute atomic E-state index is 13.7. The van der Waals surface area contributed by atoms with E-state index in [0.717, 1.165) is 15.8 Å². The molecule has 5 rings (SSSR count). The fourth-order valence-electron chi connectivity index (χ4n) is 4.08. The molecule has 2 aromatic heterocycles. The van der Waals surface area contributed by atoms with Gasteiger partial charge in [-0.15, -0.1) is 21.5 Å². The molecule has 3 aromatic carbocycles. The third-order valence-corrected chi connectivity index (χ3v) is 9.67. The Labute approximate surface area is 242 Å². The second kappa shape index (κ2) is 12.9. The monoisotopic (exact) mass is 614 g/mol. The van der Waals surface area contributed by atoms with Gasteiger partial charge >= 0.3 is 0 Å². The molecule has 2 N–H and O–H groups in total. The van der Waals surface area contributed by atoms with Crippen molar-refractivity contribution in [1.82, 2.24) is 19.9 Å². The van der Waals surface area contributed by atoms with Crippen molar-refractivity contribution in [2.24, 2.45) is 0 Å². The molecule has 0 aliphatic heterocycles. The van der Waals surface area contributed by atoms with Gasteiger partial charge in [-0.05, 0) is 53.9 Å². The van der Waals surface area contributed by atoms with Gasteiger partial charge in [0.15, 0.2) is 15.1 Å². The number of thiazole rings is 1. The van der Waals surface area contributed by atoms with Gasteiger partial charge in [0.25, 0.3) is 0 Å². The van der Waals surface area contributed by atoms with Gasteiger partial charge in [0.2, 0.25) is 23.0 Å². The first-order chi connectivity index (χ1) is 19.8. The highest BCUT2D eigenvalue weighted by molar-refractivity contribution is 7.92. The Morgan fingerprint density at radius 3 is 2.51 bits per heavy atom. The summed E-state index contributed by atoms with van der Waals surface area (Å²) in [5, 5.41) is 6.80. The lowest BCUT2D eigenvalue weighted by Gasteiger charge is -2.12. The molecule has 41 heavy (non-hydrogen) atoms. The van der Waals surface area contributed by atoms with Gasteiger partial charge in [-0.1, -0.05) is 36.4 Å². The van der Waals surface area contributed by atoms with Crippen LogP contribution in [-0.2, 0) is 27.6 Å². The van der Waals surface area contributed by atoms with E-state index in [0.29, 0.717) is 17.0 Å². The first-order valence-corrected chi connectivity index (χ1v) is 16.1. The largest absolute Gasteiger partial charge is 0.497 e. The number of nitrogens with one attached hydrogen (secondary N) is 1. The number of hydrogen-bond acceptors (Lipinski definition) is 10. The fraction of sp³-hybridized carbons (Fsp3) is 0.222. The predicted octanol–water partition coefficient (Wildman–Crippen LogP) is 4.55. The number of benzene rings is 3. The molecule has 2 heterocycles. The van der Waals surface area contributed by atoms with Crippen molar-refractivity contribution < 1.29 is 31.1 Å². The second-order valence-corrected chi connectivity index (χ2v) is 12.9. The molecule has 0 radical (unpaired) electrons. The number of ether oxygens (including phenoxy) is 2. The fourth-order valence-corrected chi connectivity index (χ4v) is 7.42. The zero-order valence-electron chi connectivity index (χ0n) is 21.8. The van der Waals surface area contributed by atoms with Gasteiger partial charge in [0.1, 0.15) is 16.5 Å². The molecule has 0 fully saturated rings. The number of rotatable bonds is 13. The highest BCUT2D eigenvalue weighted by atomic mass is 32.2.